The van der Waals surface area contributed by atoms with Crippen LogP contribution in [-0.4, -0.2) is 32.8 Å². The summed E-state index contributed by atoms with van der Waals surface area (Å²) in [6.07, 6.45) is 2.09. The van der Waals surface area contributed by atoms with Crippen molar-refractivity contribution in [2.45, 2.75) is 38.1 Å². The Labute approximate surface area is 134 Å². The van der Waals surface area contributed by atoms with Crippen LogP contribution in [0.4, 0.5) is 0 Å². The highest BCUT2D eigenvalue weighted by atomic mass is 16.4. The molecule has 1 aliphatic rings. The first-order valence-electron chi connectivity index (χ1n) is 7.72. The molecule has 0 spiro atoms. The molecule has 1 aromatic carbocycles. The summed E-state index contributed by atoms with van der Waals surface area (Å²) < 4.78 is 1.64. The molecule has 2 aromatic rings. The maximum atomic E-state index is 12.5. The average Bonchev–Trinajstić information content (AvgIpc) is 3.26. The molecule has 23 heavy (non-hydrogen) atoms. The van der Waals surface area contributed by atoms with Gasteiger partial charge in [0, 0.05) is 12.0 Å². The molecule has 0 radical (unpaired) electrons. The van der Waals surface area contributed by atoms with Gasteiger partial charge in [-0.1, -0.05) is 18.2 Å². The number of carbonyl (C=O) groups is 2. The standard InChI is InChI=1S/C17H19N3O3/c1-11(9-16(21)22)18-17(23)15-10-14(12-7-8-12)19-20(15)13-5-3-2-4-6-13/h2-6,10-12H,7-9H2,1H3,(H,18,23)(H,21,22). The summed E-state index contributed by atoms with van der Waals surface area (Å²) in [6, 6.07) is 10.8. The number of carboxylic acids is 1. The monoisotopic (exact) mass is 313 g/mol. The molecule has 1 atom stereocenters. The molecule has 6 nitrogen and oxygen atoms in total. The lowest BCUT2D eigenvalue weighted by Crippen LogP contribution is -2.35. The third kappa shape index (κ3) is 3.59. The summed E-state index contributed by atoms with van der Waals surface area (Å²) in [7, 11) is 0. The van der Waals surface area contributed by atoms with Crippen LogP contribution >= 0.6 is 0 Å². The molecule has 1 saturated carbocycles. The number of nitrogens with one attached hydrogen (secondary N) is 1. The molecule has 120 valence electrons. The van der Waals surface area contributed by atoms with Gasteiger partial charge in [-0.2, -0.15) is 5.10 Å². The first kappa shape index (κ1) is 15.3. The minimum absolute atomic E-state index is 0.110. The number of hydrogen-bond acceptors (Lipinski definition) is 3. The van der Waals surface area contributed by atoms with Crippen molar-refractivity contribution in [3.05, 3.63) is 47.8 Å². The second kappa shape index (κ2) is 6.24. The zero-order chi connectivity index (χ0) is 16.4. The molecular formula is C17H19N3O3. The highest BCUT2D eigenvalue weighted by Gasteiger charge is 2.29. The topological polar surface area (TPSA) is 84.2 Å². The minimum Gasteiger partial charge on any atom is -0.481 e. The van der Waals surface area contributed by atoms with E-state index in [-0.39, 0.29) is 12.3 Å². The molecule has 1 amide bonds. The molecule has 0 aliphatic heterocycles. The van der Waals surface area contributed by atoms with Crippen molar-refractivity contribution in [1.82, 2.24) is 15.1 Å². The number of rotatable bonds is 6. The van der Waals surface area contributed by atoms with Gasteiger partial charge >= 0.3 is 5.97 Å². The van der Waals surface area contributed by atoms with Crippen LogP contribution in [0, 0.1) is 0 Å². The number of benzene rings is 1. The Bertz CT molecular complexity index is 720. The lowest BCUT2D eigenvalue weighted by atomic mass is 10.2. The smallest absolute Gasteiger partial charge is 0.305 e. The highest BCUT2D eigenvalue weighted by molar-refractivity contribution is 5.93. The predicted octanol–water partition coefficient (Wildman–Crippen LogP) is 2.34. The summed E-state index contributed by atoms with van der Waals surface area (Å²) in [5.41, 5.74) is 2.18. The summed E-state index contributed by atoms with van der Waals surface area (Å²) in [5.74, 6) is -0.807. The lowest BCUT2D eigenvalue weighted by molar-refractivity contribution is -0.137. The summed E-state index contributed by atoms with van der Waals surface area (Å²) in [4.78, 5) is 23.3. The van der Waals surface area contributed by atoms with Crippen LogP contribution in [0.15, 0.2) is 36.4 Å². The Hall–Kier alpha value is -2.63. The third-order valence-electron chi connectivity index (χ3n) is 3.82. The van der Waals surface area contributed by atoms with Crippen LogP contribution in [0.25, 0.3) is 5.69 Å². The van der Waals surface area contributed by atoms with Gasteiger partial charge in [0.2, 0.25) is 0 Å². The molecule has 1 aromatic heterocycles. The van der Waals surface area contributed by atoms with Crippen LogP contribution in [0.1, 0.15) is 48.3 Å². The minimum atomic E-state index is -0.937. The first-order valence-corrected chi connectivity index (χ1v) is 7.72. The van der Waals surface area contributed by atoms with Gasteiger partial charge in [-0.25, -0.2) is 4.68 Å². The van der Waals surface area contributed by atoms with E-state index >= 15 is 0 Å². The number of aliphatic carboxylic acids is 1. The zero-order valence-corrected chi connectivity index (χ0v) is 12.9. The Morgan fingerprint density at radius 2 is 2.04 bits per heavy atom. The number of carboxylic acid groups (broad SMARTS) is 1. The Morgan fingerprint density at radius 3 is 2.65 bits per heavy atom. The van der Waals surface area contributed by atoms with Crippen molar-refractivity contribution >= 4 is 11.9 Å². The Balaban J connectivity index is 1.88. The fraction of sp³-hybridized carbons (Fsp3) is 0.353. The van der Waals surface area contributed by atoms with Crippen LogP contribution in [0.5, 0.6) is 0 Å². The molecule has 6 heteroatoms. The number of para-hydroxylation sites is 1. The highest BCUT2D eigenvalue weighted by Crippen LogP contribution is 2.39. The number of amides is 1. The lowest BCUT2D eigenvalue weighted by Gasteiger charge is -2.12. The normalized spacial score (nSPS) is 15.2. The van der Waals surface area contributed by atoms with E-state index in [4.69, 9.17) is 5.11 Å². The molecule has 3 rings (SSSR count). The van der Waals surface area contributed by atoms with E-state index in [0.717, 1.165) is 24.2 Å². The van der Waals surface area contributed by atoms with E-state index in [0.29, 0.717) is 11.6 Å². The zero-order valence-electron chi connectivity index (χ0n) is 12.9. The van der Waals surface area contributed by atoms with Gasteiger partial charge in [0.25, 0.3) is 5.91 Å². The average molecular weight is 313 g/mol. The quantitative estimate of drug-likeness (QED) is 0.857. The fourth-order valence-corrected chi connectivity index (χ4v) is 2.52. The summed E-state index contributed by atoms with van der Waals surface area (Å²) >= 11 is 0. The van der Waals surface area contributed by atoms with Crippen molar-refractivity contribution in [3.63, 3.8) is 0 Å². The molecule has 1 aliphatic carbocycles. The predicted molar refractivity (Wildman–Crippen MR) is 84.7 cm³/mol. The number of carbonyl (C=O) groups excluding carboxylic acids is 1. The van der Waals surface area contributed by atoms with Crippen molar-refractivity contribution < 1.29 is 14.7 Å². The molecule has 1 unspecified atom stereocenters. The van der Waals surface area contributed by atoms with E-state index in [1.54, 1.807) is 11.6 Å². The SMILES string of the molecule is CC(CC(=O)O)NC(=O)c1cc(C2CC2)nn1-c1ccccc1. The van der Waals surface area contributed by atoms with E-state index < -0.39 is 12.0 Å². The summed E-state index contributed by atoms with van der Waals surface area (Å²) in [6.45, 7) is 1.68. The molecule has 0 saturated heterocycles. The largest absolute Gasteiger partial charge is 0.481 e. The van der Waals surface area contributed by atoms with Crippen LogP contribution in [0.3, 0.4) is 0 Å². The van der Waals surface area contributed by atoms with Gasteiger partial charge in [-0.3, -0.25) is 9.59 Å². The van der Waals surface area contributed by atoms with Crippen molar-refractivity contribution in [2.75, 3.05) is 0 Å². The maximum Gasteiger partial charge on any atom is 0.305 e. The van der Waals surface area contributed by atoms with Gasteiger partial charge < -0.3 is 10.4 Å². The van der Waals surface area contributed by atoms with E-state index in [1.807, 2.05) is 36.4 Å². The van der Waals surface area contributed by atoms with E-state index in [2.05, 4.69) is 10.4 Å². The number of aromatic nitrogens is 2. The fourth-order valence-electron chi connectivity index (χ4n) is 2.52. The van der Waals surface area contributed by atoms with Gasteiger partial charge in [-0.15, -0.1) is 0 Å². The van der Waals surface area contributed by atoms with E-state index in [1.165, 1.54) is 0 Å². The molecule has 1 heterocycles. The molecule has 0 bridgehead atoms. The van der Waals surface area contributed by atoms with Gasteiger partial charge in [0.1, 0.15) is 5.69 Å². The molecular weight excluding hydrogens is 294 g/mol. The van der Waals surface area contributed by atoms with E-state index in [9.17, 15) is 9.59 Å². The van der Waals surface area contributed by atoms with Crippen molar-refractivity contribution in [3.8, 4) is 5.69 Å². The molecule has 1 fully saturated rings. The van der Waals surface area contributed by atoms with Crippen LogP contribution in [-0.2, 0) is 4.79 Å². The maximum absolute atomic E-state index is 12.5. The second-order valence-electron chi connectivity index (χ2n) is 5.95. The Kier molecular flexibility index (Phi) is 4.14. The first-order chi connectivity index (χ1) is 11.0. The molecule has 2 N–H and O–H groups in total. The second-order valence-corrected chi connectivity index (χ2v) is 5.95. The Morgan fingerprint density at radius 1 is 1.35 bits per heavy atom. The van der Waals surface area contributed by atoms with Crippen LogP contribution < -0.4 is 5.32 Å². The summed E-state index contributed by atoms with van der Waals surface area (Å²) in [5, 5.41) is 16.1. The van der Waals surface area contributed by atoms with Gasteiger partial charge in [-0.05, 0) is 38.0 Å². The van der Waals surface area contributed by atoms with Crippen LogP contribution in [0.2, 0.25) is 0 Å². The van der Waals surface area contributed by atoms with Gasteiger partial charge in [0.05, 0.1) is 17.8 Å². The number of hydrogen-bond donors (Lipinski definition) is 2. The number of nitrogens with zero attached hydrogens (tertiary/aromatic N) is 2. The van der Waals surface area contributed by atoms with Crippen molar-refractivity contribution in [1.29, 1.82) is 0 Å². The van der Waals surface area contributed by atoms with Crippen molar-refractivity contribution in [2.24, 2.45) is 0 Å². The van der Waals surface area contributed by atoms with Gasteiger partial charge in [0.15, 0.2) is 0 Å². The third-order valence-corrected chi connectivity index (χ3v) is 3.82.